The van der Waals surface area contributed by atoms with Gasteiger partial charge in [0, 0.05) is 17.8 Å². The van der Waals surface area contributed by atoms with Crippen molar-refractivity contribution >= 4 is 17.7 Å². The van der Waals surface area contributed by atoms with Crippen LogP contribution in [0.4, 0.5) is 0 Å². The molecule has 0 radical (unpaired) electrons. The van der Waals surface area contributed by atoms with Gasteiger partial charge in [0.15, 0.2) is 0 Å². The van der Waals surface area contributed by atoms with Gasteiger partial charge in [-0.1, -0.05) is 6.92 Å². The Kier molecular flexibility index (Phi) is 6.10. The van der Waals surface area contributed by atoms with Gasteiger partial charge in [0.25, 0.3) is 0 Å². The lowest BCUT2D eigenvalue weighted by Crippen LogP contribution is -2.44. The van der Waals surface area contributed by atoms with Crippen molar-refractivity contribution in [3.05, 3.63) is 0 Å². The molecule has 1 amide bonds. The average molecular weight is 230 g/mol. The van der Waals surface area contributed by atoms with E-state index >= 15 is 0 Å². The molecule has 15 heavy (non-hydrogen) atoms. The molecule has 4 heteroatoms. The third-order valence-electron chi connectivity index (χ3n) is 2.75. The van der Waals surface area contributed by atoms with Crippen LogP contribution in [0, 0.1) is 0 Å². The molecule has 1 heterocycles. The number of hydrogen-bond donors (Lipinski definition) is 2. The van der Waals surface area contributed by atoms with E-state index < -0.39 is 0 Å². The molecule has 1 rings (SSSR count). The van der Waals surface area contributed by atoms with Crippen molar-refractivity contribution in [3.8, 4) is 0 Å². The summed E-state index contributed by atoms with van der Waals surface area (Å²) in [7, 11) is 0. The molecule has 0 aromatic rings. The van der Waals surface area contributed by atoms with Gasteiger partial charge in [0.2, 0.25) is 5.91 Å². The second-order valence-corrected chi connectivity index (χ2v) is 5.32. The summed E-state index contributed by atoms with van der Waals surface area (Å²) in [6.45, 7) is 4.67. The van der Waals surface area contributed by atoms with E-state index in [9.17, 15) is 4.79 Å². The number of carbonyl (C=O) groups is 1. The van der Waals surface area contributed by atoms with Crippen LogP contribution in [0.2, 0.25) is 0 Å². The normalized spacial score (nSPS) is 23.5. The molecule has 0 saturated carbocycles. The van der Waals surface area contributed by atoms with Gasteiger partial charge in [-0.3, -0.25) is 4.79 Å². The molecule has 0 spiro atoms. The van der Waals surface area contributed by atoms with Crippen LogP contribution in [0.5, 0.6) is 0 Å². The fourth-order valence-electron chi connectivity index (χ4n) is 1.54. The van der Waals surface area contributed by atoms with Crippen LogP contribution < -0.4 is 10.6 Å². The van der Waals surface area contributed by atoms with Gasteiger partial charge in [-0.25, -0.2) is 0 Å². The molecule has 3 nitrogen and oxygen atoms in total. The SMILES string of the molecule is CCC(C)NCC(=O)NC1CCCSC1. The monoisotopic (exact) mass is 230 g/mol. The summed E-state index contributed by atoms with van der Waals surface area (Å²) in [4.78, 5) is 11.5. The Bertz CT molecular complexity index is 193. The Balaban J connectivity index is 2.11. The van der Waals surface area contributed by atoms with Crippen LogP contribution in [0.15, 0.2) is 0 Å². The van der Waals surface area contributed by atoms with Crippen molar-refractivity contribution in [2.45, 2.75) is 45.2 Å². The number of rotatable bonds is 5. The molecule has 2 atom stereocenters. The van der Waals surface area contributed by atoms with Gasteiger partial charge >= 0.3 is 0 Å². The Hall–Kier alpha value is -0.220. The number of thioether (sulfide) groups is 1. The van der Waals surface area contributed by atoms with Gasteiger partial charge < -0.3 is 10.6 Å². The van der Waals surface area contributed by atoms with Gasteiger partial charge in [-0.05, 0) is 31.9 Å². The molecule has 1 fully saturated rings. The fourth-order valence-corrected chi connectivity index (χ4v) is 2.62. The lowest BCUT2D eigenvalue weighted by molar-refractivity contribution is -0.121. The van der Waals surface area contributed by atoms with Crippen LogP contribution in [-0.2, 0) is 4.79 Å². The van der Waals surface area contributed by atoms with E-state index in [1.807, 2.05) is 11.8 Å². The highest BCUT2D eigenvalue weighted by atomic mass is 32.2. The van der Waals surface area contributed by atoms with Crippen molar-refractivity contribution in [1.82, 2.24) is 10.6 Å². The minimum Gasteiger partial charge on any atom is -0.351 e. The van der Waals surface area contributed by atoms with E-state index in [4.69, 9.17) is 0 Å². The lowest BCUT2D eigenvalue weighted by atomic mass is 10.2. The molecule has 1 aliphatic rings. The first-order chi connectivity index (χ1) is 7.22. The summed E-state index contributed by atoms with van der Waals surface area (Å²) in [6, 6.07) is 0.825. The second kappa shape index (κ2) is 7.12. The smallest absolute Gasteiger partial charge is 0.234 e. The molecule has 88 valence electrons. The quantitative estimate of drug-likeness (QED) is 0.750. The van der Waals surface area contributed by atoms with Gasteiger partial charge in [-0.2, -0.15) is 11.8 Å². The van der Waals surface area contributed by atoms with Crippen molar-refractivity contribution < 1.29 is 4.79 Å². The zero-order valence-corrected chi connectivity index (χ0v) is 10.5. The third kappa shape index (κ3) is 5.42. The van der Waals surface area contributed by atoms with Crippen LogP contribution >= 0.6 is 11.8 Å². The molecule has 1 saturated heterocycles. The Morgan fingerprint density at radius 1 is 1.60 bits per heavy atom. The van der Waals surface area contributed by atoms with Crippen molar-refractivity contribution in [3.63, 3.8) is 0 Å². The number of amides is 1. The fraction of sp³-hybridized carbons (Fsp3) is 0.909. The zero-order valence-electron chi connectivity index (χ0n) is 9.71. The predicted octanol–water partition coefficient (Wildman–Crippen LogP) is 1.39. The van der Waals surface area contributed by atoms with Crippen molar-refractivity contribution in [1.29, 1.82) is 0 Å². The maximum absolute atomic E-state index is 11.5. The van der Waals surface area contributed by atoms with E-state index in [1.54, 1.807) is 0 Å². The summed E-state index contributed by atoms with van der Waals surface area (Å²) in [5, 5.41) is 6.28. The zero-order chi connectivity index (χ0) is 11.1. The van der Waals surface area contributed by atoms with Crippen LogP contribution in [-0.4, -0.2) is 36.0 Å². The highest BCUT2D eigenvalue weighted by molar-refractivity contribution is 7.99. The first-order valence-corrected chi connectivity index (χ1v) is 6.98. The Morgan fingerprint density at radius 2 is 2.40 bits per heavy atom. The highest BCUT2D eigenvalue weighted by Crippen LogP contribution is 2.16. The maximum Gasteiger partial charge on any atom is 0.234 e. The summed E-state index contributed by atoms with van der Waals surface area (Å²) >= 11 is 1.94. The van der Waals surface area contributed by atoms with Crippen molar-refractivity contribution in [2.75, 3.05) is 18.1 Å². The molecular formula is C11H22N2OS. The predicted molar refractivity (Wildman–Crippen MR) is 66.2 cm³/mol. The largest absolute Gasteiger partial charge is 0.351 e. The first-order valence-electron chi connectivity index (χ1n) is 5.83. The number of carbonyl (C=O) groups excluding carboxylic acids is 1. The van der Waals surface area contributed by atoms with E-state index in [1.165, 1.54) is 12.2 Å². The van der Waals surface area contributed by atoms with E-state index in [-0.39, 0.29) is 5.91 Å². The topological polar surface area (TPSA) is 41.1 Å². The molecule has 2 N–H and O–H groups in total. The molecular weight excluding hydrogens is 208 g/mol. The molecule has 2 unspecified atom stereocenters. The second-order valence-electron chi connectivity index (χ2n) is 4.17. The van der Waals surface area contributed by atoms with E-state index in [0.29, 0.717) is 18.6 Å². The minimum atomic E-state index is 0.141. The van der Waals surface area contributed by atoms with Gasteiger partial charge in [0.05, 0.1) is 6.54 Å². The summed E-state index contributed by atoms with van der Waals surface area (Å²) in [5.74, 6) is 2.47. The van der Waals surface area contributed by atoms with Crippen LogP contribution in [0.1, 0.15) is 33.1 Å². The van der Waals surface area contributed by atoms with E-state index in [0.717, 1.165) is 18.6 Å². The van der Waals surface area contributed by atoms with Crippen LogP contribution in [0.3, 0.4) is 0 Å². The first kappa shape index (κ1) is 12.8. The molecule has 0 aliphatic carbocycles. The standard InChI is InChI=1S/C11H22N2OS/c1-3-9(2)12-7-11(14)13-10-5-4-6-15-8-10/h9-10,12H,3-8H2,1-2H3,(H,13,14). The van der Waals surface area contributed by atoms with Crippen molar-refractivity contribution in [2.24, 2.45) is 0 Å². The molecule has 0 bridgehead atoms. The molecule has 1 aliphatic heterocycles. The highest BCUT2D eigenvalue weighted by Gasteiger charge is 2.15. The number of nitrogens with one attached hydrogen (secondary N) is 2. The molecule has 0 aromatic carbocycles. The molecule has 0 aromatic heterocycles. The van der Waals surface area contributed by atoms with Gasteiger partial charge in [0.1, 0.15) is 0 Å². The summed E-state index contributed by atoms with van der Waals surface area (Å²) in [6.07, 6.45) is 3.43. The Morgan fingerprint density at radius 3 is 3.00 bits per heavy atom. The lowest BCUT2D eigenvalue weighted by Gasteiger charge is -2.22. The van der Waals surface area contributed by atoms with Gasteiger partial charge in [-0.15, -0.1) is 0 Å². The number of hydrogen-bond acceptors (Lipinski definition) is 3. The van der Waals surface area contributed by atoms with E-state index in [2.05, 4.69) is 24.5 Å². The summed E-state index contributed by atoms with van der Waals surface area (Å²) in [5.41, 5.74) is 0. The maximum atomic E-state index is 11.5. The third-order valence-corrected chi connectivity index (χ3v) is 3.96. The average Bonchev–Trinajstić information content (AvgIpc) is 2.27. The summed E-state index contributed by atoms with van der Waals surface area (Å²) < 4.78 is 0. The Labute approximate surface area is 96.8 Å². The minimum absolute atomic E-state index is 0.141. The van der Waals surface area contributed by atoms with Crippen LogP contribution in [0.25, 0.3) is 0 Å².